The first-order valence-corrected chi connectivity index (χ1v) is 10.2. The molecule has 4 rings (SSSR count). The van der Waals surface area contributed by atoms with E-state index in [1.165, 1.54) is 37.6 Å². The molecule has 33 heavy (non-hydrogen) atoms. The molecule has 0 unspecified atom stereocenters. The van der Waals surface area contributed by atoms with E-state index in [0.29, 0.717) is 28.0 Å². The zero-order valence-corrected chi connectivity index (χ0v) is 18.1. The fraction of sp³-hybridized carbons (Fsp3) is 0.154. The van der Waals surface area contributed by atoms with Crippen LogP contribution in [0.4, 0.5) is 0 Å². The molecule has 0 amide bonds. The first kappa shape index (κ1) is 22.0. The van der Waals surface area contributed by atoms with Gasteiger partial charge < -0.3 is 24.1 Å². The molecule has 0 spiro atoms. The van der Waals surface area contributed by atoms with Gasteiger partial charge in [-0.1, -0.05) is 24.3 Å². The first-order chi connectivity index (χ1) is 15.9. The summed E-state index contributed by atoms with van der Waals surface area (Å²) in [5.41, 5.74) is 1.82. The minimum Gasteiger partial charge on any atom is -0.508 e. The van der Waals surface area contributed by atoms with Gasteiger partial charge in [-0.05, 0) is 47.5 Å². The van der Waals surface area contributed by atoms with Crippen molar-refractivity contribution in [3.8, 4) is 28.4 Å². The number of phenols is 2. The van der Waals surface area contributed by atoms with Crippen molar-refractivity contribution < 1.29 is 28.9 Å². The molecule has 7 heteroatoms. The number of fused-ring (bicyclic) bond motifs is 1. The third kappa shape index (κ3) is 4.25. The summed E-state index contributed by atoms with van der Waals surface area (Å²) in [5, 5.41) is 20.6. The molecule has 0 bridgehead atoms. The second-order valence-electron chi connectivity index (χ2n) is 7.51. The predicted octanol–water partition coefficient (Wildman–Crippen LogP) is 4.57. The maximum absolute atomic E-state index is 13.3. The fourth-order valence-electron chi connectivity index (χ4n) is 3.86. The Morgan fingerprint density at radius 1 is 0.970 bits per heavy atom. The van der Waals surface area contributed by atoms with Crippen LogP contribution < -0.4 is 10.2 Å². The summed E-state index contributed by atoms with van der Waals surface area (Å²) in [7, 11) is 2.85. The number of methoxy groups -OCH3 is 2. The summed E-state index contributed by atoms with van der Waals surface area (Å²) in [6.07, 6.45) is 1.25. The number of carbonyl (C=O) groups excluding carboxylic acids is 1. The molecule has 4 aromatic rings. The Kier molecular flexibility index (Phi) is 6.04. The van der Waals surface area contributed by atoms with Crippen LogP contribution in [0.15, 0.2) is 76.1 Å². The average Bonchev–Trinajstić information content (AvgIpc) is 2.84. The van der Waals surface area contributed by atoms with Gasteiger partial charge in [0.15, 0.2) is 0 Å². The van der Waals surface area contributed by atoms with E-state index >= 15 is 0 Å². The Bertz CT molecular complexity index is 1350. The molecule has 0 aliphatic carbocycles. The zero-order valence-electron chi connectivity index (χ0n) is 18.1. The molecule has 0 aliphatic heterocycles. The van der Waals surface area contributed by atoms with Crippen LogP contribution in [0.3, 0.4) is 0 Å². The summed E-state index contributed by atoms with van der Waals surface area (Å²) in [4.78, 5) is 25.5. The first-order valence-electron chi connectivity index (χ1n) is 10.2. The molecular formula is C26H22O7. The van der Waals surface area contributed by atoms with Gasteiger partial charge in [0.1, 0.15) is 29.1 Å². The largest absolute Gasteiger partial charge is 0.508 e. The second-order valence-corrected chi connectivity index (χ2v) is 7.51. The number of carbonyl (C=O) groups is 1. The van der Waals surface area contributed by atoms with Crippen LogP contribution in [0, 0.1) is 0 Å². The lowest BCUT2D eigenvalue weighted by Gasteiger charge is -2.20. The highest BCUT2D eigenvalue weighted by atomic mass is 16.5. The van der Waals surface area contributed by atoms with Crippen molar-refractivity contribution in [2.45, 2.75) is 12.3 Å². The van der Waals surface area contributed by atoms with Crippen molar-refractivity contribution in [1.82, 2.24) is 0 Å². The average molecular weight is 446 g/mol. The number of esters is 1. The third-order valence-corrected chi connectivity index (χ3v) is 5.60. The highest BCUT2D eigenvalue weighted by molar-refractivity contribution is 5.87. The lowest BCUT2D eigenvalue weighted by Crippen LogP contribution is -2.12. The van der Waals surface area contributed by atoms with Crippen LogP contribution in [0.25, 0.3) is 22.1 Å². The van der Waals surface area contributed by atoms with Crippen LogP contribution in [-0.4, -0.2) is 30.4 Å². The lowest BCUT2D eigenvalue weighted by molar-refractivity contribution is -0.140. The van der Waals surface area contributed by atoms with E-state index in [1.54, 1.807) is 43.5 Å². The summed E-state index contributed by atoms with van der Waals surface area (Å²) >= 11 is 0. The number of benzene rings is 3. The van der Waals surface area contributed by atoms with Crippen LogP contribution in [0.5, 0.6) is 17.2 Å². The van der Waals surface area contributed by atoms with Crippen molar-refractivity contribution in [2.75, 3.05) is 14.2 Å². The van der Waals surface area contributed by atoms with Gasteiger partial charge >= 0.3 is 5.97 Å². The fourth-order valence-corrected chi connectivity index (χ4v) is 3.86. The Morgan fingerprint density at radius 2 is 1.67 bits per heavy atom. The number of hydrogen-bond donors (Lipinski definition) is 2. The molecular weight excluding hydrogens is 424 g/mol. The van der Waals surface area contributed by atoms with Crippen LogP contribution in [0.1, 0.15) is 23.5 Å². The quantitative estimate of drug-likeness (QED) is 0.418. The Hall–Kier alpha value is -4.26. The van der Waals surface area contributed by atoms with Gasteiger partial charge in [0.2, 0.25) is 5.43 Å². The minimum atomic E-state index is -0.630. The van der Waals surface area contributed by atoms with Crippen LogP contribution in [0.2, 0.25) is 0 Å². The van der Waals surface area contributed by atoms with Gasteiger partial charge in [-0.25, -0.2) is 0 Å². The molecule has 0 saturated heterocycles. The van der Waals surface area contributed by atoms with Gasteiger partial charge in [-0.15, -0.1) is 0 Å². The monoisotopic (exact) mass is 446 g/mol. The highest BCUT2D eigenvalue weighted by Crippen LogP contribution is 2.39. The standard InChI is InChI=1S/C26H22O7/c1-31-18-9-5-15(6-10-18)20(13-23(29)32-2)24-22(28)12-11-19-25(30)21(14-33-26(19)24)16-3-7-17(27)8-4-16/h3-12,14,20,27-28H,13H2,1-2H3/t20-/m0/s1. The molecule has 0 saturated carbocycles. The molecule has 0 radical (unpaired) electrons. The van der Waals surface area contributed by atoms with Gasteiger partial charge in [0.25, 0.3) is 0 Å². The maximum Gasteiger partial charge on any atom is 0.306 e. The van der Waals surface area contributed by atoms with E-state index in [9.17, 15) is 19.8 Å². The normalized spacial score (nSPS) is 11.8. The van der Waals surface area contributed by atoms with Crippen molar-refractivity contribution in [1.29, 1.82) is 0 Å². The van der Waals surface area contributed by atoms with E-state index in [1.807, 2.05) is 0 Å². The Labute approximate surface area is 189 Å². The van der Waals surface area contributed by atoms with E-state index in [4.69, 9.17) is 13.9 Å². The number of aromatic hydroxyl groups is 2. The van der Waals surface area contributed by atoms with E-state index < -0.39 is 11.9 Å². The van der Waals surface area contributed by atoms with Crippen molar-refractivity contribution in [2.24, 2.45) is 0 Å². The Balaban J connectivity index is 1.91. The summed E-state index contributed by atoms with van der Waals surface area (Å²) in [5.74, 6) is -0.484. The summed E-state index contributed by atoms with van der Waals surface area (Å²) in [6.45, 7) is 0. The molecule has 2 N–H and O–H groups in total. The Morgan fingerprint density at radius 3 is 2.30 bits per heavy atom. The second kappa shape index (κ2) is 9.08. The molecule has 7 nitrogen and oxygen atoms in total. The topological polar surface area (TPSA) is 106 Å². The molecule has 168 valence electrons. The zero-order chi connectivity index (χ0) is 23.5. The van der Waals surface area contributed by atoms with Crippen LogP contribution in [-0.2, 0) is 9.53 Å². The summed E-state index contributed by atoms with van der Waals surface area (Å²) in [6, 6.07) is 16.2. The third-order valence-electron chi connectivity index (χ3n) is 5.60. The number of phenolic OH excluding ortho intramolecular Hbond substituents is 2. The minimum absolute atomic E-state index is 0.0705. The molecule has 0 aliphatic rings. The van der Waals surface area contributed by atoms with Crippen molar-refractivity contribution in [3.05, 3.63) is 88.3 Å². The molecule has 1 atom stereocenters. The molecule has 0 fully saturated rings. The van der Waals surface area contributed by atoms with Crippen molar-refractivity contribution >= 4 is 16.9 Å². The van der Waals surface area contributed by atoms with Gasteiger partial charge in [-0.3, -0.25) is 9.59 Å². The molecule has 3 aromatic carbocycles. The van der Waals surface area contributed by atoms with Crippen molar-refractivity contribution in [3.63, 3.8) is 0 Å². The number of rotatable bonds is 6. The lowest BCUT2D eigenvalue weighted by atomic mass is 9.86. The predicted molar refractivity (Wildman–Crippen MR) is 123 cm³/mol. The maximum atomic E-state index is 13.3. The van der Waals surface area contributed by atoms with Gasteiger partial charge in [-0.2, -0.15) is 0 Å². The van der Waals surface area contributed by atoms with Gasteiger partial charge in [0.05, 0.1) is 31.6 Å². The van der Waals surface area contributed by atoms with Crippen LogP contribution >= 0.6 is 0 Å². The van der Waals surface area contributed by atoms with Gasteiger partial charge in [0, 0.05) is 11.5 Å². The summed E-state index contributed by atoms with van der Waals surface area (Å²) < 4.78 is 16.0. The van der Waals surface area contributed by atoms with E-state index in [2.05, 4.69) is 0 Å². The molecule has 1 heterocycles. The number of hydrogen-bond acceptors (Lipinski definition) is 7. The highest BCUT2D eigenvalue weighted by Gasteiger charge is 2.26. The SMILES string of the molecule is COC(=O)C[C@@H](c1ccc(OC)cc1)c1c(O)ccc2c(=O)c(-c3ccc(O)cc3)coc12. The smallest absolute Gasteiger partial charge is 0.306 e. The number of ether oxygens (including phenoxy) is 2. The molecule has 1 aromatic heterocycles. The van der Waals surface area contributed by atoms with E-state index in [-0.39, 0.29) is 34.3 Å². The van der Waals surface area contributed by atoms with E-state index in [0.717, 1.165) is 0 Å².